The van der Waals surface area contributed by atoms with Crippen LogP contribution in [-0.4, -0.2) is 16.1 Å². The monoisotopic (exact) mass is 240 g/mol. The first-order valence-electron chi connectivity index (χ1n) is 5.97. The van der Waals surface area contributed by atoms with Gasteiger partial charge in [0.05, 0.1) is 5.56 Å². The van der Waals surface area contributed by atoms with Gasteiger partial charge in [0, 0.05) is 0 Å². The van der Waals surface area contributed by atoms with Crippen LogP contribution in [0, 0.1) is 0 Å². The number of halogens is 1. The first kappa shape index (κ1) is 11.6. The van der Waals surface area contributed by atoms with E-state index in [2.05, 4.69) is 9.97 Å². The lowest BCUT2D eigenvalue weighted by Gasteiger charge is -2.23. The highest BCUT2D eigenvalue weighted by molar-refractivity contribution is 6.30. The minimum Gasteiger partial charge on any atom is -0.474 e. The zero-order valence-corrected chi connectivity index (χ0v) is 10.3. The summed E-state index contributed by atoms with van der Waals surface area (Å²) < 4.78 is 5.92. The molecule has 0 atom stereocenters. The standard InChI is InChI=1S/C12H17ClN2O/c1-2-10-11(13)14-8-15-12(10)16-9-6-4-3-5-7-9/h8-9H,2-7H2,1H3. The number of hydrogen-bond acceptors (Lipinski definition) is 3. The molecule has 88 valence electrons. The lowest BCUT2D eigenvalue weighted by molar-refractivity contribution is 0.147. The summed E-state index contributed by atoms with van der Waals surface area (Å²) >= 11 is 6.02. The van der Waals surface area contributed by atoms with Gasteiger partial charge in [0.2, 0.25) is 5.88 Å². The summed E-state index contributed by atoms with van der Waals surface area (Å²) in [4.78, 5) is 8.16. The largest absolute Gasteiger partial charge is 0.474 e. The van der Waals surface area contributed by atoms with Crippen molar-refractivity contribution in [1.29, 1.82) is 0 Å². The van der Waals surface area contributed by atoms with Crippen LogP contribution in [0.1, 0.15) is 44.6 Å². The van der Waals surface area contributed by atoms with Crippen LogP contribution in [0.3, 0.4) is 0 Å². The summed E-state index contributed by atoms with van der Waals surface area (Å²) in [5.74, 6) is 0.675. The molecule has 0 bridgehead atoms. The molecular weight excluding hydrogens is 224 g/mol. The van der Waals surface area contributed by atoms with Crippen LogP contribution < -0.4 is 4.74 Å². The van der Waals surface area contributed by atoms with Gasteiger partial charge in [-0.1, -0.05) is 24.9 Å². The van der Waals surface area contributed by atoms with Crippen molar-refractivity contribution in [1.82, 2.24) is 9.97 Å². The molecule has 3 nitrogen and oxygen atoms in total. The molecule has 1 saturated carbocycles. The second-order valence-electron chi connectivity index (χ2n) is 4.18. The van der Waals surface area contributed by atoms with E-state index in [0.717, 1.165) is 24.8 Å². The Labute approximate surface area is 101 Å². The van der Waals surface area contributed by atoms with E-state index in [1.165, 1.54) is 25.6 Å². The average Bonchev–Trinajstić information content (AvgIpc) is 2.31. The van der Waals surface area contributed by atoms with Crippen molar-refractivity contribution in [2.45, 2.75) is 51.6 Å². The maximum Gasteiger partial charge on any atom is 0.221 e. The third-order valence-electron chi connectivity index (χ3n) is 3.04. The molecule has 0 aromatic carbocycles. The summed E-state index contributed by atoms with van der Waals surface area (Å²) in [5, 5.41) is 0.517. The number of nitrogens with zero attached hydrogens (tertiary/aromatic N) is 2. The van der Waals surface area contributed by atoms with E-state index in [-0.39, 0.29) is 0 Å². The minimum atomic E-state index is 0.310. The zero-order chi connectivity index (χ0) is 11.4. The number of hydrogen-bond donors (Lipinski definition) is 0. The molecule has 1 fully saturated rings. The van der Waals surface area contributed by atoms with E-state index < -0.39 is 0 Å². The molecule has 0 amide bonds. The van der Waals surface area contributed by atoms with E-state index >= 15 is 0 Å². The lowest BCUT2D eigenvalue weighted by atomic mass is 9.98. The third-order valence-corrected chi connectivity index (χ3v) is 3.36. The van der Waals surface area contributed by atoms with Gasteiger partial charge in [0.1, 0.15) is 17.6 Å². The molecule has 1 aliphatic carbocycles. The van der Waals surface area contributed by atoms with Gasteiger partial charge >= 0.3 is 0 Å². The number of ether oxygens (including phenoxy) is 1. The number of rotatable bonds is 3. The van der Waals surface area contributed by atoms with Gasteiger partial charge in [0.25, 0.3) is 0 Å². The molecule has 16 heavy (non-hydrogen) atoms. The summed E-state index contributed by atoms with van der Waals surface area (Å²) in [6.07, 6.45) is 8.68. The molecule has 1 aromatic rings. The van der Waals surface area contributed by atoms with Crippen LogP contribution in [0.25, 0.3) is 0 Å². The first-order valence-corrected chi connectivity index (χ1v) is 6.35. The molecule has 4 heteroatoms. The fourth-order valence-electron chi connectivity index (χ4n) is 2.12. The van der Waals surface area contributed by atoms with Crippen LogP contribution in [0.5, 0.6) is 5.88 Å². The van der Waals surface area contributed by atoms with Gasteiger partial charge in [-0.25, -0.2) is 9.97 Å². The van der Waals surface area contributed by atoms with E-state index in [9.17, 15) is 0 Å². The first-order chi connectivity index (χ1) is 7.81. The molecule has 0 unspecified atom stereocenters. The van der Waals surface area contributed by atoms with E-state index in [0.29, 0.717) is 17.1 Å². The van der Waals surface area contributed by atoms with E-state index in [1.807, 2.05) is 6.92 Å². The van der Waals surface area contributed by atoms with Crippen molar-refractivity contribution < 1.29 is 4.74 Å². The molecule has 1 aliphatic rings. The normalized spacial score (nSPS) is 17.4. The smallest absolute Gasteiger partial charge is 0.221 e. The Hall–Kier alpha value is -0.830. The van der Waals surface area contributed by atoms with Crippen molar-refractivity contribution in [3.8, 4) is 5.88 Å². The van der Waals surface area contributed by atoms with Gasteiger partial charge in [-0.2, -0.15) is 0 Å². The Morgan fingerprint density at radius 2 is 2.06 bits per heavy atom. The summed E-state index contributed by atoms with van der Waals surface area (Å²) in [7, 11) is 0. The predicted octanol–water partition coefficient (Wildman–Crippen LogP) is 3.40. The molecule has 1 aromatic heterocycles. The Morgan fingerprint density at radius 3 is 2.75 bits per heavy atom. The Bertz CT molecular complexity index is 351. The van der Waals surface area contributed by atoms with E-state index in [1.54, 1.807) is 0 Å². The SMILES string of the molecule is CCc1c(Cl)ncnc1OC1CCCCC1. The lowest BCUT2D eigenvalue weighted by Crippen LogP contribution is -2.21. The maximum atomic E-state index is 6.02. The van der Waals surface area contributed by atoms with Gasteiger partial charge in [-0.15, -0.1) is 0 Å². The van der Waals surface area contributed by atoms with Gasteiger partial charge in [-0.05, 0) is 32.1 Å². The molecule has 2 rings (SSSR count). The summed E-state index contributed by atoms with van der Waals surface area (Å²) in [5.41, 5.74) is 0.926. The molecule has 1 heterocycles. The van der Waals surface area contributed by atoms with Crippen LogP contribution >= 0.6 is 11.6 Å². The van der Waals surface area contributed by atoms with Crippen LogP contribution in [-0.2, 0) is 6.42 Å². The van der Waals surface area contributed by atoms with Crippen LogP contribution in [0.2, 0.25) is 5.15 Å². The molecule has 0 spiro atoms. The maximum absolute atomic E-state index is 6.02. The quantitative estimate of drug-likeness (QED) is 0.760. The fourth-order valence-corrected chi connectivity index (χ4v) is 2.37. The van der Waals surface area contributed by atoms with E-state index in [4.69, 9.17) is 16.3 Å². The van der Waals surface area contributed by atoms with Crippen molar-refractivity contribution in [3.63, 3.8) is 0 Å². The van der Waals surface area contributed by atoms with Crippen molar-refractivity contribution in [2.75, 3.05) is 0 Å². The Balaban J connectivity index is 2.10. The summed E-state index contributed by atoms with van der Waals surface area (Å²) in [6.45, 7) is 2.04. The zero-order valence-electron chi connectivity index (χ0n) is 9.58. The Morgan fingerprint density at radius 1 is 1.31 bits per heavy atom. The van der Waals surface area contributed by atoms with Gasteiger partial charge in [-0.3, -0.25) is 0 Å². The van der Waals surface area contributed by atoms with Gasteiger partial charge in [0.15, 0.2) is 0 Å². The molecular formula is C12H17ClN2O. The van der Waals surface area contributed by atoms with Crippen LogP contribution in [0.15, 0.2) is 6.33 Å². The third kappa shape index (κ3) is 2.64. The molecule has 0 N–H and O–H groups in total. The molecule has 0 aliphatic heterocycles. The fraction of sp³-hybridized carbons (Fsp3) is 0.667. The second kappa shape index (κ2) is 5.48. The second-order valence-corrected chi connectivity index (χ2v) is 4.54. The Kier molecular flexibility index (Phi) is 3.99. The van der Waals surface area contributed by atoms with Crippen molar-refractivity contribution in [3.05, 3.63) is 17.0 Å². The minimum absolute atomic E-state index is 0.310. The van der Waals surface area contributed by atoms with Crippen molar-refractivity contribution in [2.24, 2.45) is 0 Å². The van der Waals surface area contributed by atoms with Crippen LogP contribution in [0.4, 0.5) is 0 Å². The predicted molar refractivity (Wildman–Crippen MR) is 63.9 cm³/mol. The highest BCUT2D eigenvalue weighted by atomic mass is 35.5. The molecule has 0 radical (unpaired) electrons. The van der Waals surface area contributed by atoms with Crippen molar-refractivity contribution >= 4 is 11.6 Å². The molecule has 0 saturated heterocycles. The topological polar surface area (TPSA) is 35.0 Å². The average molecular weight is 241 g/mol. The van der Waals surface area contributed by atoms with Gasteiger partial charge < -0.3 is 4.74 Å². The highest BCUT2D eigenvalue weighted by Crippen LogP contribution is 2.27. The highest BCUT2D eigenvalue weighted by Gasteiger charge is 2.18. The summed E-state index contributed by atoms with van der Waals surface area (Å²) in [6, 6.07) is 0. The number of aromatic nitrogens is 2.